The molecule has 24 heavy (non-hydrogen) atoms. The fraction of sp³-hybridized carbons (Fsp3) is 0.529. The summed E-state index contributed by atoms with van der Waals surface area (Å²) in [5.74, 6) is -1.23. The number of rotatable bonds is 5. The van der Waals surface area contributed by atoms with E-state index in [9.17, 15) is 14.7 Å². The first-order chi connectivity index (χ1) is 11.3. The molecule has 0 aliphatic carbocycles. The second-order valence-corrected chi connectivity index (χ2v) is 6.32. The molecule has 1 aliphatic rings. The van der Waals surface area contributed by atoms with Crippen LogP contribution in [-0.2, 0) is 9.59 Å². The van der Waals surface area contributed by atoms with Gasteiger partial charge in [0.25, 0.3) is 5.91 Å². The summed E-state index contributed by atoms with van der Waals surface area (Å²) in [6.07, 6.45) is -0.866. The van der Waals surface area contributed by atoms with Crippen molar-refractivity contribution in [2.45, 2.75) is 32.0 Å². The number of nitrogens with zero attached hydrogens (tertiary/aromatic N) is 1. The molecule has 0 radical (unpaired) electrons. The third-order valence-corrected chi connectivity index (χ3v) is 4.14. The highest BCUT2D eigenvalue weighted by Gasteiger charge is 2.40. The predicted molar refractivity (Wildman–Crippen MR) is 86.0 cm³/mol. The number of carboxylic acids is 1. The first kappa shape index (κ1) is 18.1. The van der Waals surface area contributed by atoms with Gasteiger partial charge in [-0.15, -0.1) is 0 Å². The zero-order valence-electron chi connectivity index (χ0n) is 14.1. The average molecular weight is 337 g/mol. The molecule has 7 nitrogen and oxygen atoms in total. The van der Waals surface area contributed by atoms with Gasteiger partial charge in [-0.05, 0) is 32.4 Å². The van der Waals surface area contributed by atoms with E-state index < -0.39 is 23.6 Å². The van der Waals surface area contributed by atoms with Crippen molar-refractivity contribution in [2.24, 2.45) is 5.92 Å². The summed E-state index contributed by atoms with van der Waals surface area (Å²) in [5, 5.41) is 19.0. The molecule has 0 saturated carbocycles. The van der Waals surface area contributed by atoms with Crippen molar-refractivity contribution in [1.29, 1.82) is 0 Å². The van der Waals surface area contributed by atoms with Gasteiger partial charge in [0.15, 0.2) is 17.1 Å². The Hall–Kier alpha value is -2.28. The molecule has 1 heterocycles. The second-order valence-electron chi connectivity index (χ2n) is 6.32. The third kappa shape index (κ3) is 3.79. The van der Waals surface area contributed by atoms with E-state index in [-0.39, 0.29) is 25.4 Å². The number of aliphatic carboxylic acids is 1. The highest BCUT2D eigenvalue weighted by atomic mass is 16.5. The second kappa shape index (κ2) is 7.09. The Labute approximate surface area is 140 Å². The number of aliphatic hydroxyl groups is 1. The molecule has 1 aromatic carbocycles. The van der Waals surface area contributed by atoms with Crippen LogP contribution in [-0.4, -0.2) is 58.9 Å². The Bertz CT molecular complexity index is 615. The van der Waals surface area contributed by atoms with Crippen LogP contribution in [0, 0.1) is 5.92 Å². The van der Waals surface area contributed by atoms with Crippen LogP contribution in [0.3, 0.4) is 0 Å². The molecule has 0 unspecified atom stereocenters. The monoisotopic (exact) mass is 337 g/mol. The Morgan fingerprint density at radius 1 is 1.25 bits per heavy atom. The largest absolute Gasteiger partial charge is 0.493 e. The van der Waals surface area contributed by atoms with Crippen LogP contribution < -0.4 is 9.47 Å². The lowest BCUT2D eigenvalue weighted by molar-refractivity contribution is -0.157. The summed E-state index contributed by atoms with van der Waals surface area (Å²) >= 11 is 0. The summed E-state index contributed by atoms with van der Waals surface area (Å²) < 4.78 is 11.1. The number of hydrogen-bond acceptors (Lipinski definition) is 5. The van der Waals surface area contributed by atoms with E-state index in [4.69, 9.17) is 14.6 Å². The molecule has 1 fully saturated rings. The number of benzene rings is 1. The number of carbonyl (C=O) groups excluding carboxylic acids is 1. The van der Waals surface area contributed by atoms with Crippen molar-refractivity contribution >= 4 is 11.9 Å². The van der Waals surface area contributed by atoms with Gasteiger partial charge in [0.1, 0.15) is 0 Å². The molecule has 2 atom stereocenters. The maximum atomic E-state index is 12.7. The van der Waals surface area contributed by atoms with Crippen LogP contribution >= 0.6 is 0 Å². The van der Waals surface area contributed by atoms with Gasteiger partial charge < -0.3 is 24.6 Å². The number of para-hydroxylation sites is 2. The minimum absolute atomic E-state index is 0.0193. The lowest BCUT2D eigenvalue weighted by Crippen LogP contribution is -2.55. The number of piperidine rings is 1. The quantitative estimate of drug-likeness (QED) is 0.837. The summed E-state index contributed by atoms with van der Waals surface area (Å²) in [5.41, 5.74) is -1.18. The van der Waals surface area contributed by atoms with Gasteiger partial charge in [-0.1, -0.05) is 12.1 Å². The molecule has 1 saturated heterocycles. The number of hydrogen-bond donors (Lipinski definition) is 2. The number of carbonyl (C=O) groups is 2. The number of aliphatic hydroxyl groups excluding tert-OH is 1. The molecule has 1 aromatic rings. The van der Waals surface area contributed by atoms with Crippen LogP contribution in [0.5, 0.6) is 11.5 Å². The van der Waals surface area contributed by atoms with E-state index in [1.54, 1.807) is 38.1 Å². The van der Waals surface area contributed by atoms with Gasteiger partial charge in [0, 0.05) is 13.1 Å². The first-order valence-corrected chi connectivity index (χ1v) is 7.78. The average Bonchev–Trinajstić information content (AvgIpc) is 2.53. The van der Waals surface area contributed by atoms with Crippen molar-refractivity contribution in [1.82, 2.24) is 4.90 Å². The topological polar surface area (TPSA) is 96.3 Å². The molecule has 0 aromatic heterocycles. The fourth-order valence-corrected chi connectivity index (χ4v) is 2.81. The van der Waals surface area contributed by atoms with E-state index in [0.717, 1.165) is 0 Å². The van der Waals surface area contributed by atoms with Crippen molar-refractivity contribution in [2.75, 3.05) is 20.2 Å². The number of carboxylic acid groups (broad SMARTS) is 1. The molecule has 2 N–H and O–H groups in total. The summed E-state index contributed by atoms with van der Waals surface area (Å²) in [6.45, 7) is 3.52. The highest BCUT2D eigenvalue weighted by molar-refractivity contribution is 5.85. The Morgan fingerprint density at radius 2 is 1.88 bits per heavy atom. The molecule has 7 heteroatoms. The highest BCUT2D eigenvalue weighted by Crippen LogP contribution is 2.31. The van der Waals surface area contributed by atoms with E-state index >= 15 is 0 Å². The van der Waals surface area contributed by atoms with Crippen LogP contribution in [0.2, 0.25) is 0 Å². The summed E-state index contributed by atoms with van der Waals surface area (Å²) in [6, 6.07) is 7.02. The van der Waals surface area contributed by atoms with Gasteiger partial charge in [-0.3, -0.25) is 9.59 Å². The van der Waals surface area contributed by atoms with Crippen molar-refractivity contribution in [3.63, 3.8) is 0 Å². The number of methoxy groups -OCH3 is 1. The molecule has 0 spiro atoms. The van der Waals surface area contributed by atoms with Gasteiger partial charge in [0.05, 0.1) is 19.1 Å². The normalized spacial score (nSPS) is 21.2. The molecule has 1 amide bonds. The lowest BCUT2D eigenvalue weighted by atomic mass is 9.93. The smallest absolute Gasteiger partial charge is 0.309 e. The van der Waals surface area contributed by atoms with Crippen molar-refractivity contribution in [3.05, 3.63) is 24.3 Å². The van der Waals surface area contributed by atoms with E-state index in [0.29, 0.717) is 11.5 Å². The zero-order chi connectivity index (χ0) is 17.9. The van der Waals surface area contributed by atoms with Gasteiger partial charge in [0.2, 0.25) is 0 Å². The van der Waals surface area contributed by atoms with Crippen LogP contribution in [0.1, 0.15) is 20.3 Å². The number of β-amino-alcohol motifs (C(OH)–C–C–N with tert-alkyl or cyclic N) is 1. The summed E-state index contributed by atoms with van der Waals surface area (Å²) in [4.78, 5) is 25.2. The minimum atomic E-state index is -1.18. The van der Waals surface area contributed by atoms with E-state index in [1.807, 2.05) is 0 Å². The van der Waals surface area contributed by atoms with Crippen LogP contribution in [0.15, 0.2) is 24.3 Å². The standard InChI is InChI=1S/C17H23NO6/c1-17(2,24-14-7-5-4-6-13(14)23-3)16(22)18-9-8-11(15(20)21)12(19)10-18/h4-7,11-12,19H,8-10H2,1-3H3,(H,20,21)/t11-,12+/m0/s1. The van der Waals surface area contributed by atoms with Gasteiger partial charge in [-0.2, -0.15) is 0 Å². The number of likely N-dealkylation sites (tertiary alicyclic amines) is 1. The van der Waals surface area contributed by atoms with Crippen molar-refractivity contribution in [3.8, 4) is 11.5 Å². The zero-order valence-corrected chi connectivity index (χ0v) is 14.1. The Kier molecular flexibility index (Phi) is 5.33. The van der Waals surface area contributed by atoms with Crippen LogP contribution in [0.25, 0.3) is 0 Å². The Balaban J connectivity index is 2.09. The molecule has 1 aliphatic heterocycles. The molecule has 0 bridgehead atoms. The molecule has 132 valence electrons. The lowest BCUT2D eigenvalue weighted by Gasteiger charge is -2.38. The van der Waals surface area contributed by atoms with Crippen molar-refractivity contribution < 1.29 is 29.3 Å². The maximum Gasteiger partial charge on any atom is 0.309 e. The number of ether oxygens (including phenoxy) is 2. The van der Waals surface area contributed by atoms with E-state index in [2.05, 4.69) is 0 Å². The van der Waals surface area contributed by atoms with E-state index in [1.165, 1.54) is 12.0 Å². The SMILES string of the molecule is COc1ccccc1OC(C)(C)C(=O)N1CC[C@H](C(=O)O)[C@H](O)C1. The minimum Gasteiger partial charge on any atom is -0.493 e. The number of amides is 1. The van der Waals surface area contributed by atoms with Gasteiger partial charge in [-0.25, -0.2) is 0 Å². The fourth-order valence-electron chi connectivity index (χ4n) is 2.81. The molecular weight excluding hydrogens is 314 g/mol. The Morgan fingerprint density at radius 3 is 2.42 bits per heavy atom. The molecule has 2 rings (SSSR count). The van der Waals surface area contributed by atoms with Crippen LogP contribution in [0.4, 0.5) is 0 Å². The molecular formula is C17H23NO6. The first-order valence-electron chi connectivity index (χ1n) is 7.78. The predicted octanol–water partition coefficient (Wildman–Crippen LogP) is 1.15. The maximum absolute atomic E-state index is 12.7. The van der Waals surface area contributed by atoms with Gasteiger partial charge >= 0.3 is 5.97 Å². The third-order valence-electron chi connectivity index (χ3n) is 4.14. The summed E-state index contributed by atoms with van der Waals surface area (Å²) in [7, 11) is 1.52.